The second-order valence-electron chi connectivity index (χ2n) is 7.54. The van der Waals surface area contributed by atoms with Crippen molar-refractivity contribution in [3.63, 3.8) is 0 Å². The number of hydrogen-bond acceptors (Lipinski definition) is 7. The molecule has 1 saturated heterocycles. The van der Waals surface area contributed by atoms with E-state index in [4.69, 9.17) is 15.2 Å². The Bertz CT molecular complexity index is 872. The summed E-state index contributed by atoms with van der Waals surface area (Å²) < 4.78 is 6.84. The van der Waals surface area contributed by atoms with Gasteiger partial charge in [-0.1, -0.05) is 41.5 Å². The molecule has 5 rings (SSSR count). The first-order valence-corrected chi connectivity index (χ1v) is 10.3. The highest BCUT2D eigenvalue weighted by Gasteiger charge is 2.37. The molecule has 2 N–H and O–H groups in total. The average molecular weight is 369 g/mol. The lowest BCUT2D eigenvalue weighted by molar-refractivity contribution is 0.317. The predicted molar refractivity (Wildman–Crippen MR) is 102 cm³/mol. The molecular formula is C19H23N5OS. The molecule has 0 unspecified atom stereocenters. The summed E-state index contributed by atoms with van der Waals surface area (Å²) in [5.41, 5.74) is 7.17. The summed E-state index contributed by atoms with van der Waals surface area (Å²) in [4.78, 5) is 11.8. The number of thiazole rings is 1. The van der Waals surface area contributed by atoms with Crippen LogP contribution in [-0.2, 0) is 5.54 Å². The van der Waals surface area contributed by atoms with Crippen LogP contribution in [0, 0.1) is 0 Å². The van der Waals surface area contributed by atoms with Crippen molar-refractivity contribution in [3.05, 3.63) is 36.0 Å². The summed E-state index contributed by atoms with van der Waals surface area (Å²) >= 11 is 1.77. The van der Waals surface area contributed by atoms with Crippen LogP contribution in [0.2, 0.25) is 0 Å². The molecule has 3 heterocycles. The smallest absolute Gasteiger partial charge is 0.229 e. The minimum Gasteiger partial charge on any atom is -0.348 e. The van der Waals surface area contributed by atoms with Gasteiger partial charge in [-0.15, -0.1) is 0 Å². The fourth-order valence-electron chi connectivity index (χ4n) is 4.15. The molecule has 136 valence electrons. The largest absolute Gasteiger partial charge is 0.348 e. The molecule has 1 aliphatic heterocycles. The van der Waals surface area contributed by atoms with Gasteiger partial charge in [0.2, 0.25) is 5.89 Å². The number of rotatable bonds is 3. The van der Waals surface area contributed by atoms with E-state index in [9.17, 15) is 0 Å². The van der Waals surface area contributed by atoms with E-state index in [1.54, 1.807) is 11.3 Å². The van der Waals surface area contributed by atoms with Gasteiger partial charge in [0.15, 0.2) is 11.0 Å². The van der Waals surface area contributed by atoms with Gasteiger partial charge >= 0.3 is 0 Å². The van der Waals surface area contributed by atoms with Gasteiger partial charge in [-0.25, -0.2) is 4.98 Å². The molecule has 3 aromatic rings. The normalized spacial score (nSPS) is 20.9. The Kier molecular flexibility index (Phi) is 3.94. The van der Waals surface area contributed by atoms with E-state index in [-0.39, 0.29) is 5.54 Å². The van der Waals surface area contributed by atoms with Gasteiger partial charge < -0.3 is 15.2 Å². The number of hydrogen-bond donors (Lipinski definition) is 1. The minimum atomic E-state index is -0.372. The molecular weight excluding hydrogens is 346 g/mol. The lowest BCUT2D eigenvalue weighted by atomic mass is 9.96. The third-order valence-electron chi connectivity index (χ3n) is 5.78. The number of fused-ring (bicyclic) bond motifs is 1. The van der Waals surface area contributed by atoms with Crippen LogP contribution in [0.25, 0.3) is 10.2 Å². The van der Waals surface area contributed by atoms with Gasteiger partial charge in [0.1, 0.15) is 0 Å². The SMILES string of the molecule is NC1(c2noc(C3CCN(c4nc5ccccc5s4)CC3)n2)CCCC1. The van der Waals surface area contributed by atoms with E-state index in [2.05, 4.69) is 33.2 Å². The molecule has 7 heteroatoms. The van der Waals surface area contributed by atoms with Crippen molar-refractivity contribution in [3.8, 4) is 0 Å². The highest BCUT2D eigenvalue weighted by Crippen LogP contribution is 2.37. The van der Waals surface area contributed by atoms with Gasteiger partial charge in [-0.05, 0) is 37.8 Å². The molecule has 0 amide bonds. The highest BCUT2D eigenvalue weighted by molar-refractivity contribution is 7.22. The molecule has 0 atom stereocenters. The van der Waals surface area contributed by atoms with Crippen LogP contribution in [0.1, 0.15) is 56.2 Å². The van der Waals surface area contributed by atoms with Gasteiger partial charge in [0.05, 0.1) is 15.8 Å². The van der Waals surface area contributed by atoms with Crippen molar-refractivity contribution in [1.82, 2.24) is 15.1 Å². The second kappa shape index (κ2) is 6.32. The van der Waals surface area contributed by atoms with Crippen molar-refractivity contribution in [2.45, 2.75) is 50.0 Å². The molecule has 2 aromatic heterocycles. The van der Waals surface area contributed by atoms with Crippen LogP contribution in [0.15, 0.2) is 28.8 Å². The summed E-state index contributed by atoms with van der Waals surface area (Å²) in [5.74, 6) is 1.80. The molecule has 0 radical (unpaired) electrons. The highest BCUT2D eigenvalue weighted by atomic mass is 32.1. The van der Waals surface area contributed by atoms with Crippen LogP contribution < -0.4 is 10.6 Å². The summed E-state index contributed by atoms with van der Waals surface area (Å²) in [6.07, 6.45) is 6.25. The zero-order valence-corrected chi connectivity index (χ0v) is 15.5. The Labute approximate surface area is 156 Å². The van der Waals surface area contributed by atoms with E-state index >= 15 is 0 Å². The van der Waals surface area contributed by atoms with Crippen LogP contribution in [0.5, 0.6) is 0 Å². The fraction of sp³-hybridized carbons (Fsp3) is 0.526. The first-order valence-electron chi connectivity index (χ1n) is 9.45. The zero-order chi connectivity index (χ0) is 17.6. The molecule has 2 aliphatic rings. The lowest BCUT2D eigenvalue weighted by Crippen LogP contribution is -2.35. The van der Waals surface area contributed by atoms with Crippen molar-refractivity contribution < 1.29 is 4.52 Å². The summed E-state index contributed by atoms with van der Waals surface area (Å²) in [6.45, 7) is 1.94. The maximum atomic E-state index is 6.46. The van der Waals surface area contributed by atoms with Gasteiger partial charge in [0, 0.05) is 19.0 Å². The van der Waals surface area contributed by atoms with E-state index in [0.717, 1.165) is 68.2 Å². The van der Waals surface area contributed by atoms with Crippen LogP contribution in [0.4, 0.5) is 5.13 Å². The number of aromatic nitrogens is 3. The molecule has 6 nitrogen and oxygen atoms in total. The van der Waals surface area contributed by atoms with E-state index < -0.39 is 0 Å². The Morgan fingerprint density at radius 2 is 1.88 bits per heavy atom. The third kappa shape index (κ3) is 2.79. The van der Waals surface area contributed by atoms with Crippen molar-refractivity contribution in [1.29, 1.82) is 0 Å². The topological polar surface area (TPSA) is 81.1 Å². The van der Waals surface area contributed by atoms with Gasteiger partial charge in [-0.3, -0.25) is 0 Å². The molecule has 0 bridgehead atoms. The number of benzene rings is 1. The molecule has 2 fully saturated rings. The number of nitrogens with zero attached hydrogens (tertiary/aromatic N) is 4. The first kappa shape index (κ1) is 16.2. The second-order valence-corrected chi connectivity index (χ2v) is 8.55. The standard InChI is InChI=1S/C19H23N5OS/c20-19(9-3-4-10-19)17-22-16(25-23-17)13-7-11-24(12-8-13)18-21-14-5-1-2-6-15(14)26-18/h1-2,5-6,13H,3-4,7-12,20H2. The Morgan fingerprint density at radius 3 is 2.65 bits per heavy atom. The third-order valence-corrected chi connectivity index (χ3v) is 6.88. The van der Waals surface area contributed by atoms with E-state index in [1.165, 1.54) is 4.70 Å². The maximum absolute atomic E-state index is 6.46. The summed E-state index contributed by atoms with van der Waals surface area (Å²) in [6, 6.07) is 8.32. The Hall–Kier alpha value is -1.99. The zero-order valence-electron chi connectivity index (χ0n) is 14.7. The number of piperidine rings is 1. The van der Waals surface area contributed by atoms with Gasteiger partial charge in [0.25, 0.3) is 0 Å². The molecule has 1 aromatic carbocycles. The predicted octanol–water partition coefficient (Wildman–Crippen LogP) is 3.79. The molecule has 1 aliphatic carbocycles. The van der Waals surface area contributed by atoms with Crippen LogP contribution in [0.3, 0.4) is 0 Å². The number of para-hydroxylation sites is 1. The quantitative estimate of drug-likeness (QED) is 0.756. The molecule has 1 saturated carbocycles. The number of anilines is 1. The van der Waals surface area contributed by atoms with E-state index in [1.807, 2.05) is 6.07 Å². The van der Waals surface area contributed by atoms with E-state index in [0.29, 0.717) is 11.7 Å². The minimum absolute atomic E-state index is 0.326. The maximum Gasteiger partial charge on any atom is 0.229 e. The van der Waals surface area contributed by atoms with Crippen molar-refractivity contribution >= 4 is 26.7 Å². The lowest BCUT2D eigenvalue weighted by Gasteiger charge is -2.30. The molecule has 0 spiro atoms. The van der Waals surface area contributed by atoms with Crippen molar-refractivity contribution in [2.24, 2.45) is 5.73 Å². The van der Waals surface area contributed by atoms with Gasteiger partial charge in [-0.2, -0.15) is 4.98 Å². The Balaban J connectivity index is 1.28. The van der Waals surface area contributed by atoms with Crippen molar-refractivity contribution in [2.75, 3.05) is 18.0 Å². The first-order chi connectivity index (χ1) is 12.7. The summed E-state index contributed by atoms with van der Waals surface area (Å²) in [7, 11) is 0. The average Bonchev–Trinajstić information content (AvgIpc) is 3.41. The van der Waals surface area contributed by atoms with Crippen LogP contribution >= 0.6 is 11.3 Å². The number of nitrogens with two attached hydrogens (primary N) is 1. The van der Waals surface area contributed by atoms with Crippen LogP contribution in [-0.4, -0.2) is 28.2 Å². The fourth-order valence-corrected chi connectivity index (χ4v) is 5.16. The monoisotopic (exact) mass is 369 g/mol. The molecule has 26 heavy (non-hydrogen) atoms. The summed E-state index contributed by atoms with van der Waals surface area (Å²) in [5, 5.41) is 5.33. The Morgan fingerprint density at radius 1 is 1.12 bits per heavy atom.